The molecule has 1 unspecified atom stereocenters. The highest BCUT2D eigenvalue weighted by atomic mass is 16.5. The van der Waals surface area contributed by atoms with E-state index in [-0.39, 0.29) is 12.0 Å². The Morgan fingerprint density at radius 3 is 3.00 bits per heavy atom. The van der Waals surface area contributed by atoms with E-state index in [0.717, 1.165) is 55.7 Å². The molecule has 2 aromatic rings. The maximum atomic E-state index is 13.0. The van der Waals surface area contributed by atoms with Crippen LogP contribution in [-0.2, 0) is 27.4 Å². The quantitative estimate of drug-likeness (QED) is 0.702. The normalized spacial score (nSPS) is 19.9. The predicted molar refractivity (Wildman–Crippen MR) is 107 cm³/mol. The van der Waals surface area contributed by atoms with Crippen LogP contribution in [0.5, 0.6) is 0 Å². The van der Waals surface area contributed by atoms with Gasteiger partial charge in [0.1, 0.15) is 6.10 Å². The van der Waals surface area contributed by atoms with Gasteiger partial charge >= 0.3 is 0 Å². The third kappa shape index (κ3) is 4.21. The Morgan fingerprint density at radius 1 is 1.43 bits per heavy atom. The van der Waals surface area contributed by atoms with Crippen LogP contribution in [0.2, 0.25) is 0 Å². The van der Waals surface area contributed by atoms with E-state index < -0.39 is 0 Å². The van der Waals surface area contributed by atoms with Gasteiger partial charge in [-0.1, -0.05) is 12.1 Å². The van der Waals surface area contributed by atoms with E-state index in [1.807, 2.05) is 11.8 Å². The second-order valence-electron chi connectivity index (χ2n) is 7.77. The van der Waals surface area contributed by atoms with Crippen LogP contribution in [0, 0.1) is 6.92 Å². The van der Waals surface area contributed by atoms with Gasteiger partial charge in [-0.05, 0) is 37.8 Å². The molecule has 1 saturated heterocycles. The Bertz CT molecular complexity index is 824. The first kappa shape index (κ1) is 19.4. The lowest BCUT2D eigenvalue weighted by molar-refractivity contribution is -0.146. The molecule has 1 aliphatic carbocycles. The molecule has 2 fully saturated rings. The van der Waals surface area contributed by atoms with Crippen LogP contribution in [0.25, 0.3) is 10.9 Å². The van der Waals surface area contributed by atoms with Gasteiger partial charge in [0.15, 0.2) is 0 Å². The molecule has 0 spiro atoms. The SMILES string of the molecule is COCCCn1nc(C)c2ccc(CN(C(=O)C3CNCCO3)C3CC3)cc21. The second-order valence-corrected chi connectivity index (χ2v) is 7.77. The summed E-state index contributed by atoms with van der Waals surface area (Å²) in [6.45, 7) is 6.24. The molecule has 4 rings (SSSR count). The van der Waals surface area contributed by atoms with Crippen LogP contribution in [-0.4, -0.2) is 66.1 Å². The summed E-state index contributed by atoms with van der Waals surface area (Å²) in [5.74, 6) is 0.111. The molecule has 2 aliphatic rings. The van der Waals surface area contributed by atoms with Gasteiger partial charge in [0, 0.05) is 51.3 Å². The number of ether oxygens (including phenoxy) is 2. The first-order chi connectivity index (χ1) is 13.7. The number of benzene rings is 1. The fourth-order valence-corrected chi connectivity index (χ4v) is 3.89. The van der Waals surface area contributed by atoms with E-state index in [2.05, 4.69) is 28.2 Å². The number of amides is 1. The molecule has 1 amide bonds. The molecule has 152 valence electrons. The number of nitrogens with one attached hydrogen (secondary N) is 1. The molecule has 1 atom stereocenters. The molecule has 1 aliphatic heterocycles. The number of aryl methyl sites for hydroxylation is 2. The van der Waals surface area contributed by atoms with E-state index in [4.69, 9.17) is 14.6 Å². The number of morpholine rings is 1. The summed E-state index contributed by atoms with van der Waals surface area (Å²) in [5.41, 5.74) is 3.31. The molecule has 1 aromatic carbocycles. The summed E-state index contributed by atoms with van der Waals surface area (Å²) in [7, 11) is 1.72. The predicted octanol–water partition coefficient (Wildman–Crippen LogP) is 1.86. The van der Waals surface area contributed by atoms with Gasteiger partial charge in [0.25, 0.3) is 5.91 Å². The molecular weight excluding hydrogens is 356 g/mol. The van der Waals surface area contributed by atoms with Crippen LogP contribution >= 0.6 is 0 Å². The van der Waals surface area contributed by atoms with Gasteiger partial charge in [-0.25, -0.2) is 0 Å². The smallest absolute Gasteiger partial charge is 0.253 e. The zero-order chi connectivity index (χ0) is 19.5. The maximum Gasteiger partial charge on any atom is 0.253 e. The molecule has 1 saturated carbocycles. The summed E-state index contributed by atoms with van der Waals surface area (Å²) in [6.07, 6.45) is 2.74. The summed E-state index contributed by atoms with van der Waals surface area (Å²) < 4.78 is 12.9. The van der Waals surface area contributed by atoms with Gasteiger partial charge in [0.2, 0.25) is 0 Å². The van der Waals surface area contributed by atoms with Crippen molar-refractivity contribution in [1.82, 2.24) is 20.0 Å². The number of carbonyl (C=O) groups excluding carboxylic acids is 1. The summed E-state index contributed by atoms with van der Waals surface area (Å²) in [4.78, 5) is 15.0. The number of hydrogen-bond acceptors (Lipinski definition) is 5. The highest BCUT2D eigenvalue weighted by Crippen LogP contribution is 2.30. The minimum Gasteiger partial charge on any atom is -0.385 e. The van der Waals surface area contributed by atoms with E-state index in [1.54, 1.807) is 7.11 Å². The molecule has 0 bridgehead atoms. The van der Waals surface area contributed by atoms with E-state index >= 15 is 0 Å². The molecule has 2 heterocycles. The van der Waals surface area contributed by atoms with Crippen LogP contribution in [0.15, 0.2) is 18.2 Å². The molecule has 0 radical (unpaired) electrons. The van der Waals surface area contributed by atoms with Gasteiger partial charge in [-0.2, -0.15) is 5.10 Å². The lowest BCUT2D eigenvalue weighted by Crippen LogP contribution is -2.49. The van der Waals surface area contributed by atoms with Crippen molar-refractivity contribution in [2.75, 3.05) is 33.4 Å². The number of carbonyl (C=O) groups is 1. The number of fused-ring (bicyclic) bond motifs is 1. The van der Waals surface area contributed by atoms with Crippen LogP contribution < -0.4 is 5.32 Å². The van der Waals surface area contributed by atoms with E-state index in [0.29, 0.717) is 25.7 Å². The van der Waals surface area contributed by atoms with E-state index in [9.17, 15) is 4.79 Å². The Morgan fingerprint density at radius 2 is 2.29 bits per heavy atom. The topological polar surface area (TPSA) is 68.6 Å². The first-order valence-electron chi connectivity index (χ1n) is 10.2. The monoisotopic (exact) mass is 386 g/mol. The summed E-state index contributed by atoms with van der Waals surface area (Å²) in [6, 6.07) is 6.79. The number of methoxy groups -OCH3 is 1. The van der Waals surface area contributed by atoms with Gasteiger partial charge in [-0.15, -0.1) is 0 Å². The van der Waals surface area contributed by atoms with Crippen molar-refractivity contribution in [1.29, 1.82) is 0 Å². The Kier molecular flexibility index (Phi) is 5.94. The van der Waals surface area contributed by atoms with Crippen molar-refractivity contribution in [3.8, 4) is 0 Å². The standard InChI is InChI=1S/C21H30N4O3/c1-15-18-7-4-16(12-19(18)25(23-15)9-3-10-27-2)14-24(17-5-6-17)21(26)20-13-22-8-11-28-20/h4,7,12,17,20,22H,3,5-6,8-11,13-14H2,1-2H3. The van der Waals surface area contributed by atoms with Crippen molar-refractivity contribution < 1.29 is 14.3 Å². The second kappa shape index (κ2) is 8.59. The molecule has 7 nitrogen and oxygen atoms in total. The Balaban J connectivity index is 1.53. The number of nitrogens with zero attached hydrogens (tertiary/aromatic N) is 3. The number of rotatable bonds is 8. The Labute approximate surface area is 166 Å². The van der Waals surface area contributed by atoms with Crippen molar-refractivity contribution in [3.63, 3.8) is 0 Å². The summed E-state index contributed by atoms with van der Waals surface area (Å²) >= 11 is 0. The lowest BCUT2D eigenvalue weighted by Gasteiger charge is -2.30. The highest BCUT2D eigenvalue weighted by Gasteiger charge is 2.36. The molecular formula is C21H30N4O3. The lowest BCUT2D eigenvalue weighted by atomic mass is 10.1. The number of hydrogen-bond donors (Lipinski definition) is 1. The van der Waals surface area contributed by atoms with Crippen molar-refractivity contribution >= 4 is 16.8 Å². The largest absolute Gasteiger partial charge is 0.385 e. The minimum absolute atomic E-state index is 0.111. The Hall–Kier alpha value is -1.96. The fourth-order valence-electron chi connectivity index (χ4n) is 3.89. The maximum absolute atomic E-state index is 13.0. The molecule has 1 N–H and O–H groups in total. The summed E-state index contributed by atoms with van der Waals surface area (Å²) in [5, 5.41) is 9.12. The van der Waals surface area contributed by atoms with Crippen molar-refractivity contribution in [2.24, 2.45) is 0 Å². The van der Waals surface area contributed by atoms with E-state index in [1.165, 1.54) is 5.39 Å². The molecule has 28 heavy (non-hydrogen) atoms. The highest BCUT2D eigenvalue weighted by molar-refractivity contribution is 5.84. The van der Waals surface area contributed by atoms with Crippen molar-refractivity contribution in [2.45, 2.75) is 51.4 Å². The first-order valence-corrected chi connectivity index (χ1v) is 10.2. The zero-order valence-electron chi connectivity index (χ0n) is 16.8. The number of aromatic nitrogens is 2. The van der Waals surface area contributed by atoms with Crippen LogP contribution in [0.4, 0.5) is 0 Å². The third-order valence-electron chi connectivity index (χ3n) is 5.55. The van der Waals surface area contributed by atoms with Gasteiger partial charge in [-0.3, -0.25) is 9.48 Å². The average molecular weight is 386 g/mol. The van der Waals surface area contributed by atoms with Crippen LogP contribution in [0.3, 0.4) is 0 Å². The minimum atomic E-state index is -0.361. The van der Waals surface area contributed by atoms with Gasteiger partial charge < -0.3 is 19.7 Å². The van der Waals surface area contributed by atoms with Gasteiger partial charge in [0.05, 0.1) is 17.8 Å². The van der Waals surface area contributed by atoms with Crippen molar-refractivity contribution in [3.05, 3.63) is 29.5 Å². The van der Waals surface area contributed by atoms with Crippen LogP contribution in [0.1, 0.15) is 30.5 Å². The average Bonchev–Trinajstić information content (AvgIpc) is 3.52. The third-order valence-corrected chi connectivity index (χ3v) is 5.55. The molecule has 1 aromatic heterocycles. The molecule has 7 heteroatoms. The zero-order valence-corrected chi connectivity index (χ0v) is 16.8. The fraction of sp³-hybridized carbons (Fsp3) is 0.619.